The third kappa shape index (κ3) is 1.54. The van der Waals surface area contributed by atoms with Gasteiger partial charge in [0.2, 0.25) is 0 Å². The van der Waals surface area contributed by atoms with E-state index < -0.39 is 11.6 Å². The lowest BCUT2D eigenvalue weighted by atomic mass is 10.1. The number of hydrogen-bond acceptors (Lipinski definition) is 1. The van der Waals surface area contributed by atoms with Crippen molar-refractivity contribution in [2.24, 2.45) is 0 Å². The van der Waals surface area contributed by atoms with Gasteiger partial charge >= 0.3 is 6.05 Å². The first-order valence-electron chi connectivity index (χ1n) is 6.33. The Labute approximate surface area is 123 Å². The summed E-state index contributed by atoms with van der Waals surface area (Å²) in [6.45, 7) is 0. The van der Waals surface area contributed by atoms with Crippen molar-refractivity contribution in [2.75, 3.05) is 0 Å². The fraction of sp³-hybridized carbons (Fsp3) is 0.0625. The second-order valence-corrected chi connectivity index (χ2v) is 5.42. The fourth-order valence-electron chi connectivity index (χ4n) is 2.85. The maximum Gasteiger partial charge on any atom is 0.359 e. The van der Waals surface area contributed by atoms with E-state index in [2.05, 4.69) is 0 Å². The summed E-state index contributed by atoms with van der Waals surface area (Å²) in [6.07, 6.45) is 0. The lowest BCUT2D eigenvalue weighted by molar-refractivity contribution is -0.0309. The molecule has 0 spiro atoms. The lowest BCUT2D eigenvalue weighted by Gasteiger charge is -2.15. The van der Waals surface area contributed by atoms with Crippen LogP contribution in [0.1, 0.15) is 5.56 Å². The summed E-state index contributed by atoms with van der Waals surface area (Å²) in [7, 11) is 0. The maximum absolute atomic E-state index is 14.5. The van der Waals surface area contributed by atoms with E-state index in [4.69, 9.17) is 11.6 Å². The number of pyridine rings is 1. The molecular weight excluding hydrogens is 296 g/mol. The van der Waals surface area contributed by atoms with Crippen molar-refractivity contribution in [3.05, 3.63) is 69.5 Å². The summed E-state index contributed by atoms with van der Waals surface area (Å²) < 4.78 is 29.7. The van der Waals surface area contributed by atoms with Gasteiger partial charge in [-0.2, -0.15) is 8.78 Å². The second-order valence-electron chi connectivity index (χ2n) is 4.99. The molecule has 0 saturated heterocycles. The zero-order valence-electron chi connectivity index (χ0n) is 10.6. The molecular formula is C16H8ClF2NO. The molecule has 5 heteroatoms. The van der Waals surface area contributed by atoms with E-state index in [1.165, 1.54) is 12.1 Å². The van der Waals surface area contributed by atoms with Crippen LogP contribution >= 0.6 is 11.6 Å². The monoisotopic (exact) mass is 303 g/mol. The molecule has 0 N–H and O–H groups in total. The van der Waals surface area contributed by atoms with Crippen molar-refractivity contribution >= 4 is 22.4 Å². The van der Waals surface area contributed by atoms with Gasteiger partial charge in [0.25, 0.3) is 5.56 Å². The van der Waals surface area contributed by atoms with Gasteiger partial charge in [-0.05, 0) is 23.6 Å². The minimum Gasteiger partial charge on any atom is -0.268 e. The number of halogens is 3. The molecule has 1 aliphatic rings. The Morgan fingerprint density at radius 2 is 1.81 bits per heavy atom. The second kappa shape index (κ2) is 3.92. The van der Waals surface area contributed by atoms with Crippen LogP contribution in [0.15, 0.2) is 53.3 Å². The van der Waals surface area contributed by atoms with E-state index in [1.54, 1.807) is 36.4 Å². The summed E-state index contributed by atoms with van der Waals surface area (Å²) in [5.41, 5.74) is -0.262. The van der Waals surface area contributed by atoms with E-state index in [0.29, 0.717) is 20.5 Å². The van der Waals surface area contributed by atoms with Gasteiger partial charge < -0.3 is 0 Å². The van der Waals surface area contributed by atoms with Gasteiger partial charge in [-0.15, -0.1) is 0 Å². The molecule has 2 nitrogen and oxygen atoms in total. The summed E-state index contributed by atoms with van der Waals surface area (Å²) in [5.74, 6) is 0. The smallest absolute Gasteiger partial charge is 0.268 e. The first kappa shape index (κ1) is 12.5. The largest absolute Gasteiger partial charge is 0.359 e. The quantitative estimate of drug-likeness (QED) is 0.609. The summed E-state index contributed by atoms with van der Waals surface area (Å²) in [6, 6.07) is 9.15. The standard InChI is InChI=1S/C16H8ClF2NO/c17-10-6-5-9-7-14-11-3-1-2-4-13(11)16(18,19)20(14)15(21)12(9)8-10/h1-8H. The minimum atomic E-state index is -3.35. The van der Waals surface area contributed by atoms with Crippen molar-refractivity contribution < 1.29 is 8.78 Å². The fourth-order valence-corrected chi connectivity index (χ4v) is 3.02. The van der Waals surface area contributed by atoms with Crippen molar-refractivity contribution in [1.82, 2.24) is 4.57 Å². The lowest BCUT2D eigenvalue weighted by Crippen LogP contribution is -2.32. The Kier molecular flexibility index (Phi) is 2.34. The number of rotatable bonds is 0. The van der Waals surface area contributed by atoms with Crippen molar-refractivity contribution in [3.8, 4) is 11.3 Å². The number of aromatic nitrogens is 1. The summed E-state index contributed by atoms with van der Waals surface area (Å²) in [5, 5.41) is 1.14. The van der Waals surface area contributed by atoms with E-state index in [-0.39, 0.29) is 16.6 Å². The number of alkyl halides is 2. The highest BCUT2D eigenvalue weighted by Crippen LogP contribution is 2.44. The van der Waals surface area contributed by atoms with Crippen LogP contribution in [0, 0.1) is 0 Å². The third-order valence-corrected chi connectivity index (χ3v) is 4.02. The number of hydrogen-bond donors (Lipinski definition) is 0. The first-order chi connectivity index (χ1) is 10.00. The third-order valence-electron chi connectivity index (χ3n) is 3.79. The predicted octanol–water partition coefficient (Wildman–Crippen LogP) is 4.23. The Morgan fingerprint density at radius 3 is 2.62 bits per heavy atom. The molecule has 0 atom stereocenters. The van der Waals surface area contributed by atoms with Gasteiger partial charge in [0.15, 0.2) is 0 Å². The molecule has 0 radical (unpaired) electrons. The molecule has 2 aromatic carbocycles. The van der Waals surface area contributed by atoms with Crippen LogP contribution in [0.5, 0.6) is 0 Å². The molecule has 1 aromatic heterocycles. The van der Waals surface area contributed by atoms with E-state index in [0.717, 1.165) is 0 Å². The molecule has 21 heavy (non-hydrogen) atoms. The van der Waals surface area contributed by atoms with Crippen LogP contribution < -0.4 is 5.56 Å². The summed E-state index contributed by atoms with van der Waals surface area (Å²) in [4.78, 5) is 12.5. The zero-order chi connectivity index (χ0) is 14.8. The maximum atomic E-state index is 14.5. The van der Waals surface area contributed by atoms with E-state index in [1.807, 2.05) is 0 Å². The minimum absolute atomic E-state index is 0.150. The molecule has 0 amide bonds. The highest BCUT2D eigenvalue weighted by molar-refractivity contribution is 6.31. The molecule has 0 bridgehead atoms. The van der Waals surface area contributed by atoms with Crippen molar-refractivity contribution in [2.45, 2.75) is 6.05 Å². The topological polar surface area (TPSA) is 22.0 Å². The first-order valence-corrected chi connectivity index (χ1v) is 6.71. The molecule has 1 aliphatic heterocycles. The Morgan fingerprint density at radius 1 is 1.05 bits per heavy atom. The average molecular weight is 304 g/mol. The van der Waals surface area contributed by atoms with Crippen molar-refractivity contribution in [3.63, 3.8) is 0 Å². The molecule has 0 saturated carbocycles. The number of nitrogens with zero attached hydrogens (tertiary/aromatic N) is 1. The zero-order valence-corrected chi connectivity index (χ0v) is 11.4. The Hall–Kier alpha value is -2.20. The van der Waals surface area contributed by atoms with Crippen LogP contribution in [-0.2, 0) is 6.05 Å². The molecule has 0 aliphatic carbocycles. The van der Waals surface area contributed by atoms with E-state index >= 15 is 0 Å². The van der Waals surface area contributed by atoms with Crippen LogP contribution in [0.4, 0.5) is 8.78 Å². The van der Waals surface area contributed by atoms with Crippen molar-refractivity contribution in [1.29, 1.82) is 0 Å². The van der Waals surface area contributed by atoms with Gasteiger partial charge in [0, 0.05) is 16.0 Å². The molecule has 4 rings (SSSR count). The van der Waals surface area contributed by atoms with Crippen LogP contribution in [0.3, 0.4) is 0 Å². The molecule has 104 valence electrons. The van der Waals surface area contributed by atoms with Gasteiger partial charge in [0.05, 0.1) is 11.3 Å². The summed E-state index contributed by atoms with van der Waals surface area (Å²) >= 11 is 5.87. The van der Waals surface area contributed by atoms with Gasteiger partial charge in [-0.25, -0.2) is 4.57 Å². The van der Waals surface area contributed by atoms with Crippen LogP contribution in [0.2, 0.25) is 5.02 Å². The molecule has 0 fully saturated rings. The average Bonchev–Trinajstić information content (AvgIpc) is 2.69. The highest BCUT2D eigenvalue weighted by Gasteiger charge is 2.45. The SMILES string of the molecule is O=c1c2cc(Cl)ccc2cc2n1C(F)(F)c1ccccc1-2. The van der Waals surface area contributed by atoms with E-state index in [9.17, 15) is 13.6 Å². The molecule has 0 unspecified atom stereocenters. The Balaban J connectivity index is 2.21. The molecule has 3 aromatic rings. The Bertz CT molecular complexity index is 962. The van der Waals surface area contributed by atoms with Gasteiger partial charge in [-0.3, -0.25) is 4.79 Å². The van der Waals surface area contributed by atoms with Crippen LogP contribution in [0.25, 0.3) is 22.0 Å². The predicted molar refractivity (Wildman–Crippen MR) is 77.9 cm³/mol. The van der Waals surface area contributed by atoms with Gasteiger partial charge in [-0.1, -0.05) is 41.9 Å². The normalized spacial score (nSPS) is 15.0. The number of benzene rings is 2. The van der Waals surface area contributed by atoms with Gasteiger partial charge in [0.1, 0.15) is 0 Å². The number of fused-ring (bicyclic) bond motifs is 4. The van der Waals surface area contributed by atoms with Crippen LogP contribution in [-0.4, -0.2) is 4.57 Å². The molecule has 2 heterocycles. The highest BCUT2D eigenvalue weighted by atomic mass is 35.5.